The lowest BCUT2D eigenvalue weighted by molar-refractivity contribution is 0.336. The second kappa shape index (κ2) is 5.88. The highest BCUT2D eigenvalue weighted by atomic mass is 15.3. The van der Waals surface area contributed by atoms with Crippen molar-refractivity contribution in [1.29, 1.82) is 0 Å². The summed E-state index contributed by atoms with van der Waals surface area (Å²) >= 11 is 0. The van der Waals surface area contributed by atoms with Crippen LogP contribution in [0.1, 0.15) is 38.1 Å². The third kappa shape index (κ3) is 2.63. The highest BCUT2D eigenvalue weighted by Gasteiger charge is 2.19. The average Bonchev–Trinajstić information content (AvgIpc) is 3.28. The molecular weight excluding hydrogens is 312 g/mol. The Morgan fingerprint density at radius 2 is 1.96 bits per heavy atom. The van der Waals surface area contributed by atoms with E-state index in [9.17, 15) is 0 Å². The van der Waals surface area contributed by atoms with Gasteiger partial charge in [0.1, 0.15) is 0 Å². The molecule has 126 valence electrons. The van der Waals surface area contributed by atoms with Crippen LogP contribution in [0.15, 0.2) is 42.9 Å². The van der Waals surface area contributed by atoms with Crippen LogP contribution in [0.5, 0.6) is 0 Å². The minimum absolute atomic E-state index is 0.463. The maximum Gasteiger partial charge on any atom is 0.229 e. The van der Waals surface area contributed by atoms with Crippen molar-refractivity contribution in [3.8, 4) is 0 Å². The summed E-state index contributed by atoms with van der Waals surface area (Å²) < 4.78 is 2.09. The largest absolute Gasteiger partial charge is 0.361 e. The summed E-state index contributed by atoms with van der Waals surface area (Å²) in [4.78, 5) is 12.4. The summed E-state index contributed by atoms with van der Waals surface area (Å²) in [6.07, 6.45) is 11.9. The first-order valence-corrected chi connectivity index (χ1v) is 8.91. The Bertz CT molecular complexity index is 1020. The van der Waals surface area contributed by atoms with Gasteiger partial charge in [-0.3, -0.25) is 0 Å². The number of benzene rings is 1. The Balaban J connectivity index is 1.48. The lowest BCUT2D eigenvalue weighted by Gasteiger charge is -2.22. The van der Waals surface area contributed by atoms with E-state index in [0.29, 0.717) is 12.0 Å². The second-order valence-electron chi connectivity index (χ2n) is 6.76. The van der Waals surface area contributed by atoms with Crippen molar-refractivity contribution >= 4 is 33.6 Å². The van der Waals surface area contributed by atoms with E-state index in [1.165, 1.54) is 37.5 Å². The number of fused-ring (bicyclic) bond motifs is 2. The molecule has 4 aromatic rings. The van der Waals surface area contributed by atoms with Gasteiger partial charge < -0.3 is 10.3 Å². The van der Waals surface area contributed by atoms with Crippen LogP contribution in [-0.4, -0.2) is 24.7 Å². The van der Waals surface area contributed by atoms with Crippen LogP contribution < -0.4 is 5.32 Å². The Labute approximate surface area is 145 Å². The Morgan fingerprint density at radius 3 is 2.88 bits per heavy atom. The van der Waals surface area contributed by atoms with Crippen molar-refractivity contribution in [2.45, 2.75) is 38.1 Å². The third-order valence-corrected chi connectivity index (χ3v) is 5.06. The molecule has 3 heterocycles. The fourth-order valence-electron chi connectivity index (χ4n) is 3.75. The van der Waals surface area contributed by atoms with Crippen LogP contribution >= 0.6 is 0 Å². The van der Waals surface area contributed by atoms with E-state index in [4.69, 9.17) is 4.98 Å². The first-order chi connectivity index (χ1) is 12.4. The van der Waals surface area contributed by atoms with Crippen molar-refractivity contribution in [2.75, 3.05) is 5.32 Å². The normalized spacial score (nSPS) is 15.8. The van der Waals surface area contributed by atoms with Crippen molar-refractivity contribution in [3.05, 3.63) is 42.9 Å². The molecule has 0 saturated heterocycles. The summed E-state index contributed by atoms with van der Waals surface area (Å²) in [5, 5.41) is 10.1. The van der Waals surface area contributed by atoms with E-state index in [2.05, 4.69) is 43.3 Å². The van der Waals surface area contributed by atoms with Gasteiger partial charge >= 0.3 is 0 Å². The van der Waals surface area contributed by atoms with Crippen LogP contribution in [0.2, 0.25) is 0 Å². The molecule has 1 aliphatic rings. The summed E-state index contributed by atoms with van der Waals surface area (Å²) in [6.45, 7) is 0. The number of nitrogens with zero attached hydrogens (tertiary/aromatic N) is 4. The zero-order chi connectivity index (χ0) is 16.6. The molecule has 5 rings (SSSR count). The average molecular weight is 332 g/mol. The molecule has 0 bridgehead atoms. The molecule has 0 atom stereocenters. The van der Waals surface area contributed by atoms with Gasteiger partial charge in [-0.25, -0.2) is 9.67 Å². The van der Waals surface area contributed by atoms with Gasteiger partial charge in [-0.2, -0.15) is 10.1 Å². The molecule has 1 aliphatic carbocycles. The van der Waals surface area contributed by atoms with E-state index >= 15 is 0 Å². The smallest absolute Gasteiger partial charge is 0.229 e. The zero-order valence-corrected chi connectivity index (χ0v) is 13.9. The van der Waals surface area contributed by atoms with Gasteiger partial charge in [0, 0.05) is 29.0 Å². The molecule has 1 fully saturated rings. The Hall–Kier alpha value is -2.89. The van der Waals surface area contributed by atoms with E-state index in [-0.39, 0.29) is 0 Å². The number of nitrogens with one attached hydrogen (secondary N) is 2. The van der Waals surface area contributed by atoms with E-state index in [1.807, 2.05) is 24.7 Å². The lowest BCUT2D eigenvalue weighted by Crippen LogP contribution is -2.14. The molecule has 1 aromatic carbocycles. The predicted molar refractivity (Wildman–Crippen MR) is 99.0 cm³/mol. The summed E-state index contributed by atoms with van der Waals surface area (Å²) in [6, 6.07) is 8.71. The number of aromatic amines is 1. The quantitative estimate of drug-likeness (QED) is 0.577. The van der Waals surface area contributed by atoms with Crippen molar-refractivity contribution in [1.82, 2.24) is 24.7 Å². The fraction of sp³-hybridized carbons (Fsp3) is 0.316. The van der Waals surface area contributed by atoms with Gasteiger partial charge in [-0.1, -0.05) is 19.3 Å². The third-order valence-electron chi connectivity index (χ3n) is 5.06. The topological polar surface area (TPSA) is 71.4 Å². The highest BCUT2D eigenvalue weighted by molar-refractivity contribution is 5.84. The highest BCUT2D eigenvalue weighted by Crippen LogP contribution is 2.30. The molecule has 0 radical (unpaired) electrons. The summed E-state index contributed by atoms with van der Waals surface area (Å²) in [7, 11) is 0. The number of H-pyrrole nitrogens is 1. The molecule has 0 unspecified atom stereocenters. The van der Waals surface area contributed by atoms with Crippen LogP contribution in [0.4, 0.5) is 11.6 Å². The van der Waals surface area contributed by atoms with Crippen molar-refractivity contribution in [3.63, 3.8) is 0 Å². The standard InChI is InChI=1S/C19H20N6/c1-2-4-16(5-3-1)25-18-14(12-22-25)11-21-19(24-18)23-15-6-7-17-13(10-15)8-9-20-17/h6-12,16,20H,1-5H2,(H,21,23,24). The number of aromatic nitrogens is 5. The first-order valence-electron chi connectivity index (χ1n) is 8.91. The van der Waals surface area contributed by atoms with Crippen LogP contribution in [0, 0.1) is 0 Å². The summed E-state index contributed by atoms with van der Waals surface area (Å²) in [5.41, 5.74) is 3.03. The number of hydrogen-bond acceptors (Lipinski definition) is 4. The predicted octanol–water partition coefficient (Wildman–Crippen LogP) is 4.56. The molecule has 3 aromatic heterocycles. The van der Waals surface area contributed by atoms with Crippen molar-refractivity contribution < 1.29 is 0 Å². The number of anilines is 2. The van der Waals surface area contributed by atoms with Gasteiger partial charge in [-0.15, -0.1) is 0 Å². The summed E-state index contributed by atoms with van der Waals surface area (Å²) in [5.74, 6) is 0.611. The van der Waals surface area contributed by atoms with Crippen molar-refractivity contribution in [2.24, 2.45) is 0 Å². The molecule has 0 spiro atoms. The molecule has 6 heteroatoms. The molecular formula is C19H20N6. The van der Waals surface area contributed by atoms with E-state index in [1.54, 1.807) is 0 Å². The van der Waals surface area contributed by atoms with Gasteiger partial charge in [0.25, 0.3) is 0 Å². The maximum absolute atomic E-state index is 4.74. The first kappa shape index (κ1) is 14.5. The van der Waals surface area contributed by atoms with E-state index < -0.39 is 0 Å². The van der Waals surface area contributed by atoms with Crippen LogP contribution in [0.25, 0.3) is 21.9 Å². The Morgan fingerprint density at radius 1 is 1.04 bits per heavy atom. The van der Waals surface area contributed by atoms with Gasteiger partial charge in [0.15, 0.2) is 5.65 Å². The molecule has 1 saturated carbocycles. The molecule has 6 nitrogen and oxygen atoms in total. The molecule has 25 heavy (non-hydrogen) atoms. The van der Waals surface area contributed by atoms with Gasteiger partial charge in [0.2, 0.25) is 5.95 Å². The van der Waals surface area contributed by atoms with Gasteiger partial charge in [0.05, 0.1) is 17.6 Å². The Kier molecular flexibility index (Phi) is 3.40. The number of hydrogen-bond donors (Lipinski definition) is 2. The molecule has 0 aliphatic heterocycles. The van der Waals surface area contributed by atoms with E-state index in [0.717, 1.165) is 22.2 Å². The zero-order valence-electron chi connectivity index (χ0n) is 13.9. The fourth-order valence-corrected chi connectivity index (χ4v) is 3.75. The molecule has 2 N–H and O–H groups in total. The minimum Gasteiger partial charge on any atom is -0.361 e. The second-order valence-corrected chi connectivity index (χ2v) is 6.76. The molecule has 0 amide bonds. The van der Waals surface area contributed by atoms with Crippen LogP contribution in [-0.2, 0) is 0 Å². The monoisotopic (exact) mass is 332 g/mol. The lowest BCUT2D eigenvalue weighted by atomic mass is 9.96. The van der Waals surface area contributed by atoms with Crippen LogP contribution in [0.3, 0.4) is 0 Å². The minimum atomic E-state index is 0.463. The SMILES string of the molecule is c1cc2cc(Nc3ncc4cnn(C5CCCCC5)c4n3)ccc2[nH]1. The van der Waals surface area contributed by atoms with Gasteiger partial charge in [-0.05, 0) is 37.1 Å². The maximum atomic E-state index is 4.74. The number of rotatable bonds is 3.